The molecule has 2 aliphatic rings. The van der Waals surface area contributed by atoms with Crippen LogP contribution in [-0.4, -0.2) is 45.3 Å². The van der Waals surface area contributed by atoms with E-state index in [9.17, 15) is 4.79 Å². The summed E-state index contributed by atoms with van der Waals surface area (Å²) in [7, 11) is 1.35. The van der Waals surface area contributed by atoms with E-state index < -0.39 is 5.97 Å². The van der Waals surface area contributed by atoms with Crippen LogP contribution in [0.5, 0.6) is 0 Å². The predicted octanol–water partition coefficient (Wildman–Crippen LogP) is 1.68. The van der Waals surface area contributed by atoms with Gasteiger partial charge in [0.1, 0.15) is 6.33 Å². The fourth-order valence-electron chi connectivity index (χ4n) is 3.64. The number of nitrogens with zero attached hydrogens (tertiary/aromatic N) is 4. The van der Waals surface area contributed by atoms with E-state index in [1.165, 1.54) is 45.6 Å². The van der Waals surface area contributed by atoms with Crippen LogP contribution in [0.4, 0.5) is 0 Å². The molecule has 0 spiro atoms. The van der Waals surface area contributed by atoms with Gasteiger partial charge in [0.05, 0.1) is 13.8 Å². The maximum atomic E-state index is 11.4. The topological polar surface area (TPSA) is 60.2 Å². The minimum absolute atomic E-state index is 0.143. The molecule has 1 aliphatic heterocycles. The SMILES string of the molecule is COC(=O)c1ncn(CN2CCCC2C2CCCC2)n1. The molecule has 1 aromatic heterocycles. The van der Waals surface area contributed by atoms with Gasteiger partial charge in [-0.15, -0.1) is 5.10 Å². The van der Waals surface area contributed by atoms with Crippen molar-refractivity contribution >= 4 is 5.97 Å². The molecule has 1 saturated heterocycles. The number of carbonyl (C=O) groups is 1. The van der Waals surface area contributed by atoms with Crippen molar-refractivity contribution in [2.45, 2.75) is 51.2 Å². The number of hydrogen-bond acceptors (Lipinski definition) is 5. The Bertz CT molecular complexity index is 467. The number of esters is 1. The molecule has 2 fully saturated rings. The van der Waals surface area contributed by atoms with Gasteiger partial charge in [-0.1, -0.05) is 12.8 Å². The van der Waals surface area contributed by atoms with Crippen molar-refractivity contribution in [2.75, 3.05) is 13.7 Å². The Hall–Kier alpha value is -1.43. The summed E-state index contributed by atoms with van der Waals surface area (Å²) in [5.41, 5.74) is 0. The highest BCUT2D eigenvalue weighted by Crippen LogP contribution is 2.35. The van der Waals surface area contributed by atoms with Gasteiger partial charge in [0.15, 0.2) is 0 Å². The summed E-state index contributed by atoms with van der Waals surface area (Å²) in [6, 6.07) is 0.684. The Morgan fingerprint density at radius 1 is 1.35 bits per heavy atom. The summed E-state index contributed by atoms with van der Waals surface area (Å²) >= 11 is 0. The number of rotatable bonds is 4. The summed E-state index contributed by atoms with van der Waals surface area (Å²) in [5.74, 6) is 0.516. The lowest BCUT2D eigenvalue weighted by molar-refractivity contribution is 0.0585. The van der Waals surface area contributed by atoms with Gasteiger partial charge in [0, 0.05) is 12.6 Å². The van der Waals surface area contributed by atoms with Crippen LogP contribution in [-0.2, 0) is 11.4 Å². The van der Waals surface area contributed by atoms with E-state index in [2.05, 4.69) is 19.7 Å². The first-order chi connectivity index (χ1) is 9.78. The largest absolute Gasteiger partial charge is 0.463 e. The van der Waals surface area contributed by atoms with Crippen molar-refractivity contribution in [3.05, 3.63) is 12.2 Å². The lowest BCUT2D eigenvalue weighted by atomic mass is 9.96. The van der Waals surface area contributed by atoms with Crippen LogP contribution in [0.1, 0.15) is 49.1 Å². The molecule has 6 heteroatoms. The lowest BCUT2D eigenvalue weighted by Crippen LogP contribution is -2.36. The normalized spacial score (nSPS) is 24.4. The van der Waals surface area contributed by atoms with Gasteiger partial charge in [0.25, 0.3) is 5.82 Å². The van der Waals surface area contributed by atoms with Gasteiger partial charge >= 0.3 is 5.97 Å². The Labute approximate surface area is 119 Å². The van der Waals surface area contributed by atoms with E-state index in [-0.39, 0.29) is 5.82 Å². The fourth-order valence-corrected chi connectivity index (χ4v) is 3.64. The summed E-state index contributed by atoms with van der Waals surface area (Å²) in [5, 5.41) is 4.19. The molecular weight excluding hydrogens is 256 g/mol. The molecule has 0 amide bonds. The van der Waals surface area contributed by atoms with Crippen LogP contribution in [0.15, 0.2) is 6.33 Å². The monoisotopic (exact) mass is 278 g/mol. The Balaban J connectivity index is 1.64. The first-order valence-electron chi connectivity index (χ1n) is 7.50. The summed E-state index contributed by atoms with van der Waals surface area (Å²) in [6.45, 7) is 1.85. The van der Waals surface area contributed by atoms with Gasteiger partial charge in [-0.05, 0) is 31.6 Å². The van der Waals surface area contributed by atoms with Crippen molar-refractivity contribution in [1.29, 1.82) is 0 Å². The zero-order valence-electron chi connectivity index (χ0n) is 12.0. The summed E-state index contributed by atoms with van der Waals surface area (Å²) in [4.78, 5) is 17.9. The molecule has 1 saturated carbocycles. The standard InChI is InChI=1S/C14H22N4O2/c1-20-14(19)13-15-9-18(16-13)10-17-8-4-7-12(17)11-5-2-3-6-11/h9,11-12H,2-8,10H2,1H3. The molecule has 1 unspecified atom stereocenters. The van der Waals surface area contributed by atoms with Crippen molar-refractivity contribution < 1.29 is 9.53 Å². The second kappa shape index (κ2) is 5.91. The Morgan fingerprint density at radius 2 is 2.15 bits per heavy atom. The highest BCUT2D eigenvalue weighted by atomic mass is 16.5. The average molecular weight is 278 g/mol. The number of aromatic nitrogens is 3. The number of ether oxygens (including phenoxy) is 1. The minimum atomic E-state index is -0.475. The van der Waals surface area contributed by atoms with Gasteiger partial charge in [0.2, 0.25) is 0 Å². The highest BCUT2D eigenvalue weighted by molar-refractivity contribution is 5.84. The molecule has 2 heterocycles. The second-order valence-electron chi connectivity index (χ2n) is 5.81. The maximum absolute atomic E-state index is 11.4. The molecule has 0 bridgehead atoms. The van der Waals surface area contributed by atoms with Gasteiger partial charge in [-0.25, -0.2) is 14.5 Å². The van der Waals surface area contributed by atoms with Crippen LogP contribution in [0.25, 0.3) is 0 Å². The maximum Gasteiger partial charge on any atom is 0.377 e. The first-order valence-corrected chi connectivity index (χ1v) is 7.50. The van der Waals surface area contributed by atoms with E-state index >= 15 is 0 Å². The zero-order valence-corrected chi connectivity index (χ0v) is 12.0. The third kappa shape index (κ3) is 2.70. The molecule has 0 aromatic carbocycles. The molecule has 0 N–H and O–H groups in total. The van der Waals surface area contributed by atoms with E-state index in [0.717, 1.165) is 19.1 Å². The van der Waals surface area contributed by atoms with E-state index in [1.54, 1.807) is 11.0 Å². The molecule has 110 valence electrons. The fraction of sp³-hybridized carbons (Fsp3) is 0.786. The molecule has 1 aliphatic carbocycles. The third-order valence-corrected chi connectivity index (χ3v) is 4.59. The molecular formula is C14H22N4O2. The van der Waals surface area contributed by atoms with Gasteiger partial charge < -0.3 is 4.74 Å². The average Bonchev–Trinajstić information content (AvgIpc) is 3.18. The van der Waals surface area contributed by atoms with Crippen LogP contribution in [0, 0.1) is 5.92 Å². The van der Waals surface area contributed by atoms with E-state index in [1.807, 2.05) is 0 Å². The highest BCUT2D eigenvalue weighted by Gasteiger charge is 2.33. The number of likely N-dealkylation sites (tertiary alicyclic amines) is 1. The number of methoxy groups -OCH3 is 1. The van der Waals surface area contributed by atoms with Crippen molar-refractivity contribution in [3.8, 4) is 0 Å². The predicted molar refractivity (Wildman–Crippen MR) is 73.0 cm³/mol. The zero-order chi connectivity index (χ0) is 13.9. The van der Waals surface area contributed by atoms with Crippen molar-refractivity contribution in [3.63, 3.8) is 0 Å². The van der Waals surface area contributed by atoms with Crippen LogP contribution in [0.2, 0.25) is 0 Å². The van der Waals surface area contributed by atoms with E-state index in [0.29, 0.717) is 6.04 Å². The third-order valence-electron chi connectivity index (χ3n) is 4.59. The molecule has 0 radical (unpaired) electrons. The Kier molecular flexibility index (Phi) is 4.00. The molecule has 1 aromatic rings. The lowest BCUT2D eigenvalue weighted by Gasteiger charge is -2.28. The smallest absolute Gasteiger partial charge is 0.377 e. The van der Waals surface area contributed by atoms with Crippen LogP contribution >= 0.6 is 0 Å². The summed E-state index contributed by atoms with van der Waals surface area (Å²) < 4.78 is 6.38. The minimum Gasteiger partial charge on any atom is -0.463 e. The van der Waals surface area contributed by atoms with E-state index in [4.69, 9.17) is 0 Å². The summed E-state index contributed by atoms with van der Waals surface area (Å²) in [6.07, 6.45) is 9.67. The quantitative estimate of drug-likeness (QED) is 0.784. The molecule has 20 heavy (non-hydrogen) atoms. The van der Waals surface area contributed by atoms with Gasteiger partial charge in [-0.2, -0.15) is 0 Å². The van der Waals surface area contributed by atoms with Crippen LogP contribution in [0.3, 0.4) is 0 Å². The van der Waals surface area contributed by atoms with Gasteiger partial charge in [-0.3, -0.25) is 4.90 Å². The molecule has 6 nitrogen and oxygen atoms in total. The number of hydrogen-bond donors (Lipinski definition) is 0. The van der Waals surface area contributed by atoms with Crippen LogP contribution < -0.4 is 0 Å². The molecule has 3 rings (SSSR count). The first kappa shape index (κ1) is 13.5. The molecule has 1 atom stereocenters. The second-order valence-corrected chi connectivity index (χ2v) is 5.81. The number of carbonyl (C=O) groups excluding carboxylic acids is 1. The van der Waals surface area contributed by atoms with Crippen molar-refractivity contribution in [1.82, 2.24) is 19.7 Å². The van der Waals surface area contributed by atoms with Crippen molar-refractivity contribution in [2.24, 2.45) is 5.92 Å². The Morgan fingerprint density at radius 3 is 2.90 bits per heavy atom.